The van der Waals surface area contributed by atoms with E-state index >= 15 is 0 Å². The normalized spacial score (nSPS) is 12.6. The molecule has 0 fully saturated rings. The van der Waals surface area contributed by atoms with Crippen molar-refractivity contribution in [3.63, 3.8) is 0 Å². The fourth-order valence-corrected chi connectivity index (χ4v) is 10.0. The van der Waals surface area contributed by atoms with Crippen LogP contribution in [0.5, 0.6) is 0 Å². The van der Waals surface area contributed by atoms with Crippen LogP contribution in [0.2, 0.25) is 0 Å². The zero-order valence-electron chi connectivity index (χ0n) is 53.1. The maximum atomic E-state index is 12.9. The van der Waals surface area contributed by atoms with Gasteiger partial charge in [-0.25, -0.2) is 0 Å². The monoisotopic (exact) mass is 1110 g/mol. The van der Waals surface area contributed by atoms with Gasteiger partial charge < -0.3 is 14.2 Å². The molecule has 0 aromatic carbocycles. The molecule has 0 saturated carbocycles. The van der Waals surface area contributed by atoms with Crippen LogP contribution in [0.4, 0.5) is 0 Å². The summed E-state index contributed by atoms with van der Waals surface area (Å²) in [5.41, 5.74) is 0. The molecule has 0 rings (SSSR count). The highest BCUT2D eigenvalue weighted by Crippen LogP contribution is 2.18. The van der Waals surface area contributed by atoms with E-state index in [1.165, 1.54) is 199 Å². The summed E-state index contributed by atoms with van der Waals surface area (Å²) in [5.74, 6) is -0.862. The second-order valence-corrected chi connectivity index (χ2v) is 23.1. The summed E-state index contributed by atoms with van der Waals surface area (Å²) >= 11 is 0. The quantitative estimate of drug-likeness (QED) is 0.0261. The van der Waals surface area contributed by atoms with Crippen molar-refractivity contribution in [1.82, 2.24) is 0 Å². The molecule has 0 aromatic heterocycles. The van der Waals surface area contributed by atoms with Crippen molar-refractivity contribution in [3.8, 4) is 0 Å². The van der Waals surface area contributed by atoms with E-state index in [-0.39, 0.29) is 31.1 Å². The minimum absolute atomic E-state index is 0.0727. The fourth-order valence-electron chi connectivity index (χ4n) is 10.0. The van der Waals surface area contributed by atoms with Gasteiger partial charge in [-0.15, -0.1) is 0 Å². The lowest BCUT2D eigenvalue weighted by molar-refractivity contribution is -0.167. The van der Waals surface area contributed by atoms with Gasteiger partial charge in [0.15, 0.2) is 6.10 Å². The maximum absolute atomic E-state index is 12.9. The first kappa shape index (κ1) is 76.6. The average molecular weight is 1120 g/mol. The second kappa shape index (κ2) is 68.1. The predicted molar refractivity (Wildman–Crippen MR) is 348 cm³/mol. The van der Waals surface area contributed by atoms with Crippen LogP contribution < -0.4 is 0 Å². The molecule has 0 aliphatic carbocycles. The van der Waals surface area contributed by atoms with Gasteiger partial charge in [0.25, 0.3) is 0 Å². The summed E-state index contributed by atoms with van der Waals surface area (Å²) in [5, 5.41) is 0. The number of hydrogen-bond donors (Lipinski definition) is 0. The van der Waals surface area contributed by atoms with Gasteiger partial charge in [-0.1, -0.05) is 337 Å². The highest BCUT2D eigenvalue weighted by Gasteiger charge is 2.19. The summed E-state index contributed by atoms with van der Waals surface area (Å²) in [7, 11) is 0. The zero-order chi connectivity index (χ0) is 57.8. The topological polar surface area (TPSA) is 78.9 Å². The molecule has 0 radical (unpaired) electrons. The molecule has 80 heavy (non-hydrogen) atoms. The fraction of sp³-hybridized carbons (Fsp3) is 0.770. The van der Waals surface area contributed by atoms with E-state index in [1.54, 1.807) is 0 Å². The molecule has 1 unspecified atom stereocenters. The van der Waals surface area contributed by atoms with Gasteiger partial charge in [0.05, 0.1) is 0 Å². The molecule has 0 aliphatic rings. The van der Waals surface area contributed by atoms with Gasteiger partial charge in [-0.05, 0) is 77.0 Å². The van der Waals surface area contributed by atoms with Crippen molar-refractivity contribution in [1.29, 1.82) is 0 Å². The lowest BCUT2D eigenvalue weighted by Crippen LogP contribution is -2.30. The molecule has 6 heteroatoms. The van der Waals surface area contributed by atoms with E-state index < -0.39 is 6.10 Å². The van der Waals surface area contributed by atoms with Gasteiger partial charge >= 0.3 is 17.9 Å². The van der Waals surface area contributed by atoms with Gasteiger partial charge in [-0.2, -0.15) is 0 Å². The van der Waals surface area contributed by atoms with E-state index in [9.17, 15) is 14.4 Å². The molecule has 6 nitrogen and oxygen atoms in total. The van der Waals surface area contributed by atoms with E-state index in [4.69, 9.17) is 14.2 Å². The Morgan fingerprint density at radius 1 is 0.263 bits per heavy atom. The van der Waals surface area contributed by atoms with E-state index in [1.807, 2.05) is 0 Å². The third kappa shape index (κ3) is 65.4. The molecule has 0 bridgehead atoms. The summed E-state index contributed by atoms with van der Waals surface area (Å²) in [6, 6.07) is 0. The molecule has 0 aliphatic heterocycles. The zero-order valence-corrected chi connectivity index (χ0v) is 53.1. The first-order chi connectivity index (χ1) is 39.5. The van der Waals surface area contributed by atoms with Crippen LogP contribution in [0, 0.1) is 0 Å². The Morgan fingerprint density at radius 3 is 0.762 bits per heavy atom. The minimum atomic E-state index is -0.776. The Kier molecular flexibility index (Phi) is 65.2. The van der Waals surface area contributed by atoms with Crippen molar-refractivity contribution in [2.75, 3.05) is 13.2 Å². The number of carbonyl (C=O) groups excluding carboxylic acids is 3. The van der Waals surface area contributed by atoms with Crippen LogP contribution in [0.25, 0.3) is 0 Å². The number of allylic oxidation sites excluding steroid dienone is 14. The van der Waals surface area contributed by atoms with Crippen LogP contribution in [0.1, 0.15) is 348 Å². The number of hydrogen-bond acceptors (Lipinski definition) is 6. The molecule has 0 heterocycles. The van der Waals surface area contributed by atoms with Crippen molar-refractivity contribution < 1.29 is 28.6 Å². The molecule has 0 N–H and O–H groups in total. The third-order valence-electron chi connectivity index (χ3n) is 15.2. The number of carbonyl (C=O) groups is 3. The van der Waals surface area contributed by atoms with Crippen LogP contribution >= 0.6 is 0 Å². The highest BCUT2D eigenvalue weighted by molar-refractivity contribution is 5.71. The molecular weight excluding hydrogens is 985 g/mol. The number of unbranched alkanes of at least 4 members (excludes halogenated alkanes) is 38. The Bertz CT molecular complexity index is 1520. The van der Waals surface area contributed by atoms with Crippen molar-refractivity contribution in [3.05, 3.63) is 85.1 Å². The average Bonchev–Trinajstić information content (AvgIpc) is 3.46. The Hall–Kier alpha value is -3.41. The molecule has 0 amide bonds. The van der Waals surface area contributed by atoms with Gasteiger partial charge in [-0.3, -0.25) is 14.4 Å². The van der Waals surface area contributed by atoms with Gasteiger partial charge in [0.1, 0.15) is 13.2 Å². The predicted octanol–water partition coefficient (Wildman–Crippen LogP) is 23.8. The largest absolute Gasteiger partial charge is 0.462 e. The van der Waals surface area contributed by atoms with Gasteiger partial charge in [0.2, 0.25) is 0 Å². The molecule has 1 atom stereocenters. The summed E-state index contributed by atoms with van der Waals surface area (Å²) < 4.78 is 16.9. The van der Waals surface area contributed by atoms with Crippen LogP contribution in [0.15, 0.2) is 85.1 Å². The Labute approximate surface area is 496 Å². The summed E-state index contributed by atoms with van der Waals surface area (Å²) in [4.78, 5) is 38.3. The van der Waals surface area contributed by atoms with Crippen LogP contribution in [-0.2, 0) is 28.6 Å². The summed E-state index contributed by atoms with van der Waals surface area (Å²) in [6.45, 7) is 6.56. The lowest BCUT2D eigenvalue weighted by atomic mass is 10.0. The van der Waals surface area contributed by atoms with Crippen molar-refractivity contribution >= 4 is 17.9 Å². The Morgan fingerprint density at radius 2 is 0.487 bits per heavy atom. The maximum Gasteiger partial charge on any atom is 0.306 e. The van der Waals surface area contributed by atoms with Gasteiger partial charge in [0, 0.05) is 19.3 Å². The number of ether oxygens (including phenoxy) is 3. The summed E-state index contributed by atoms with van der Waals surface area (Å²) in [6.07, 6.45) is 90.4. The first-order valence-corrected chi connectivity index (χ1v) is 34.6. The number of rotatable bonds is 63. The SMILES string of the molecule is CC/C=C\C/C=C\C/C=C\C/C=C\C/C=C\C/C=C\C/C=C\CCCCCCCCCCCC(=O)OCC(COC(=O)CCCCCCCCCCCC)OC(=O)CCCCCCCCCCCCCCCCCCCCCCC. The highest BCUT2D eigenvalue weighted by atomic mass is 16.6. The number of esters is 3. The minimum Gasteiger partial charge on any atom is -0.462 e. The lowest BCUT2D eigenvalue weighted by Gasteiger charge is -2.18. The smallest absolute Gasteiger partial charge is 0.306 e. The van der Waals surface area contributed by atoms with Crippen molar-refractivity contribution in [2.24, 2.45) is 0 Å². The third-order valence-corrected chi connectivity index (χ3v) is 15.2. The molecule has 0 aromatic rings. The molecule has 0 spiro atoms. The van der Waals surface area contributed by atoms with Crippen molar-refractivity contribution in [2.45, 2.75) is 354 Å². The second-order valence-electron chi connectivity index (χ2n) is 23.1. The van der Waals surface area contributed by atoms with Crippen LogP contribution in [0.3, 0.4) is 0 Å². The molecular formula is C74H130O6. The standard InChI is InChI=1S/C74H130O6/c1-4-7-10-13-16-19-22-24-26-28-30-32-33-34-35-36-37-38-39-40-41-43-44-46-48-50-52-55-58-61-64-67-73(76)79-70-71(69-78-72(75)66-63-60-57-54-21-18-15-12-9-6-3)80-74(77)68-65-62-59-56-53-51-49-47-45-42-31-29-27-25-23-20-17-14-11-8-5-2/h7,10,16,19,24,26,30,32,34-35,37-38,40-41,71H,4-6,8-9,11-15,17-18,20-23,25,27-29,31,33,36,39,42-70H2,1-3H3/b10-7-,19-16-,26-24-,32-30-,35-34-,38-37-,41-40-. The first-order valence-electron chi connectivity index (χ1n) is 34.6. The van der Waals surface area contributed by atoms with Crippen LogP contribution in [-0.4, -0.2) is 37.2 Å². The van der Waals surface area contributed by atoms with E-state index in [0.29, 0.717) is 19.3 Å². The Balaban J connectivity index is 4.20. The van der Waals surface area contributed by atoms with E-state index in [0.717, 1.165) is 109 Å². The van der Waals surface area contributed by atoms with E-state index in [2.05, 4.69) is 106 Å². The molecule has 462 valence electrons. The molecule has 0 saturated heterocycles.